The Labute approximate surface area is 117 Å². The molecule has 1 aromatic heterocycles. The fourth-order valence-electron chi connectivity index (χ4n) is 1.92. The van der Waals surface area contributed by atoms with Crippen molar-refractivity contribution in [2.24, 2.45) is 0 Å². The third kappa shape index (κ3) is 3.33. The van der Waals surface area contributed by atoms with Crippen LogP contribution in [-0.2, 0) is 13.1 Å². The van der Waals surface area contributed by atoms with Gasteiger partial charge in [0, 0.05) is 18.3 Å². The molecule has 0 fully saturated rings. The summed E-state index contributed by atoms with van der Waals surface area (Å²) in [6, 6.07) is 4.83. The molecule has 0 atom stereocenters. The van der Waals surface area contributed by atoms with Gasteiger partial charge in [0.05, 0.1) is 17.3 Å². The number of nitrogens with zero attached hydrogens (tertiary/aromatic N) is 2. The molecule has 0 bridgehead atoms. The Kier molecular flexibility index (Phi) is 4.56. The van der Waals surface area contributed by atoms with Crippen molar-refractivity contribution in [3.8, 4) is 0 Å². The number of rotatable bonds is 5. The smallest absolute Gasteiger partial charge is 0.142 e. The van der Waals surface area contributed by atoms with Gasteiger partial charge in [-0.1, -0.05) is 30.7 Å². The number of aryl methyl sites for hydroxylation is 1. The van der Waals surface area contributed by atoms with Gasteiger partial charge in [-0.15, -0.1) is 0 Å². The standard InChI is InChI=1S/C14H17ClFN3/c1-3-17-7-12-9-19(18-10(12)2)8-11-5-4-6-13(16)14(11)15/h4-6,9,17H,3,7-8H2,1-2H3. The van der Waals surface area contributed by atoms with Crippen molar-refractivity contribution in [1.29, 1.82) is 0 Å². The van der Waals surface area contributed by atoms with Crippen molar-refractivity contribution in [3.05, 3.63) is 52.1 Å². The molecule has 0 aliphatic carbocycles. The van der Waals surface area contributed by atoms with Crippen molar-refractivity contribution >= 4 is 11.6 Å². The van der Waals surface area contributed by atoms with Crippen LogP contribution in [0.5, 0.6) is 0 Å². The summed E-state index contributed by atoms with van der Waals surface area (Å²) in [4.78, 5) is 0. The highest BCUT2D eigenvalue weighted by Crippen LogP contribution is 2.20. The number of nitrogens with one attached hydrogen (secondary N) is 1. The van der Waals surface area contributed by atoms with Crippen LogP contribution in [-0.4, -0.2) is 16.3 Å². The molecule has 19 heavy (non-hydrogen) atoms. The van der Waals surface area contributed by atoms with Gasteiger partial charge in [-0.05, 0) is 25.1 Å². The third-order valence-electron chi connectivity index (χ3n) is 2.98. The van der Waals surface area contributed by atoms with Crippen molar-refractivity contribution in [1.82, 2.24) is 15.1 Å². The fourth-order valence-corrected chi connectivity index (χ4v) is 2.10. The van der Waals surface area contributed by atoms with Crippen LogP contribution in [0.25, 0.3) is 0 Å². The molecule has 0 aliphatic heterocycles. The maximum atomic E-state index is 13.4. The van der Waals surface area contributed by atoms with Gasteiger partial charge in [0.15, 0.2) is 0 Å². The zero-order valence-electron chi connectivity index (χ0n) is 11.1. The molecule has 0 saturated carbocycles. The molecular weight excluding hydrogens is 265 g/mol. The van der Waals surface area contributed by atoms with Crippen molar-refractivity contribution in [2.75, 3.05) is 6.54 Å². The number of halogens is 2. The summed E-state index contributed by atoms with van der Waals surface area (Å²) in [6.07, 6.45) is 1.97. The summed E-state index contributed by atoms with van der Waals surface area (Å²) in [5.41, 5.74) is 2.86. The molecular formula is C14H17ClFN3. The first-order valence-electron chi connectivity index (χ1n) is 6.28. The maximum Gasteiger partial charge on any atom is 0.142 e. The molecule has 0 unspecified atom stereocenters. The zero-order valence-corrected chi connectivity index (χ0v) is 11.8. The van der Waals surface area contributed by atoms with E-state index in [4.69, 9.17) is 11.6 Å². The van der Waals surface area contributed by atoms with Crippen molar-refractivity contribution in [3.63, 3.8) is 0 Å². The van der Waals surface area contributed by atoms with Gasteiger partial charge in [0.2, 0.25) is 0 Å². The van der Waals surface area contributed by atoms with Gasteiger partial charge in [0.1, 0.15) is 5.82 Å². The van der Waals surface area contributed by atoms with E-state index >= 15 is 0 Å². The van der Waals surface area contributed by atoms with Crippen LogP contribution in [0.4, 0.5) is 4.39 Å². The van der Waals surface area contributed by atoms with E-state index in [0.717, 1.165) is 29.9 Å². The van der Waals surface area contributed by atoms with Gasteiger partial charge in [-0.3, -0.25) is 4.68 Å². The Morgan fingerprint density at radius 2 is 2.16 bits per heavy atom. The molecule has 2 rings (SSSR count). The van der Waals surface area contributed by atoms with Gasteiger partial charge in [0.25, 0.3) is 0 Å². The third-order valence-corrected chi connectivity index (χ3v) is 3.40. The Morgan fingerprint density at radius 1 is 1.37 bits per heavy atom. The predicted octanol–water partition coefficient (Wildman–Crippen LogP) is 3.14. The topological polar surface area (TPSA) is 29.9 Å². The minimum atomic E-state index is -0.393. The van der Waals surface area contributed by atoms with E-state index in [2.05, 4.69) is 17.3 Å². The molecule has 1 N–H and O–H groups in total. The lowest BCUT2D eigenvalue weighted by Crippen LogP contribution is -2.11. The summed E-state index contributed by atoms with van der Waals surface area (Å²) < 4.78 is 15.2. The summed E-state index contributed by atoms with van der Waals surface area (Å²) in [5.74, 6) is -0.393. The monoisotopic (exact) mass is 281 g/mol. The first-order chi connectivity index (χ1) is 9.11. The van der Waals surface area contributed by atoms with E-state index in [1.807, 2.05) is 19.2 Å². The van der Waals surface area contributed by atoms with E-state index in [1.165, 1.54) is 6.07 Å². The van der Waals surface area contributed by atoms with Crippen LogP contribution in [0, 0.1) is 12.7 Å². The van der Waals surface area contributed by atoms with Gasteiger partial charge >= 0.3 is 0 Å². The molecule has 2 aromatic rings. The number of hydrogen-bond acceptors (Lipinski definition) is 2. The van der Waals surface area contributed by atoms with Crippen LogP contribution in [0.3, 0.4) is 0 Å². The van der Waals surface area contributed by atoms with E-state index in [0.29, 0.717) is 6.54 Å². The fraction of sp³-hybridized carbons (Fsp3) is 0.357. The molecule has 3 nitrogen and oxygen atoms in total. The van der Waals surface area contributed by atoms with Crippen molar-refractivity contribution < 1.29 is 4.39 Å². The molecule has 0 amide bonds. The normalized spacial score (nSPS) is 10.9. The minimum Gasteiger partial charge on any atom is -0.313 e. The summed E-state index contributed by atoms with van der Waals surface area (Å²) in [6.45, 7) is 6.21. The van der Waals surface area contributed by atoms with Crippen LogP contribution < -0.4 is 5.32 Å². The first-order valence-corrected chi connectivity index (χ1v) is 6.66. The average Bonchev–Trinajstić information content (AvgIpc) is 2.73. The minimum absolute atomic E-state index is 0.170. The Bertz CT molecular complexity index is 566. The molecule has 5 heteroatoms. The highest BCUT2D eigenvalue weighted by Gasteiger charge is 2.09. The molecule has 0 aliphatic rings. The summed E-state index contributed by atoms with van der Waals surface area (Å²) in [7, 11) is 0. The number of hydrogen-bond donors (Lipinski definition) is 1. The first kappa shape index (κ1) is 14.0. The van der Waals surface area contributed by atoms with E-state index in [9.17, 15) is 4.39 Å². The quantitative estimate of drug-likeness (QED) is 0.912. The number of aromatic nitrogens is 2. The molecule has 0 saturated heterocycles. The Morgan fingerprint density at radius 3 is 2.89 bits per heavy atom. The predicted molar refractivity (Wildman–Crippen MR) is 74.9 cm³/mol. The Hall–Kier alpha value is -1.39. The van der Waals surface area contributed by atoms with E-state index in [-0.39, 0.29) is 5.02 Å². The van der Waals surface area contributed by atoms with Gasteiger partial charge < -0.3 is 5.32 Å². The van der Waals surface area contributed by atoms with Crippen molar-refractivity contribution in [2.45, 2.75) is 26.9 Å². The SMILES string of the molecule is CCNCc1cn(Cc2cccc(F)c2Cl)nc1C. The lowest BCUT2D eigenvalue weighted by molar-refractivity contribution is 0.619. The van der Waals surface area contributed by atoms with Crippen LogP contribution in [0.15, 0.2) is 24.4 Å². The highest BCUT2D eigenvalue weighted by molar-refractivity contribution is 6.31. The molecule has 0 radical (unpaired) electrons. The summed E-state index contributed by atoms with van der Waals surface area (Å²) in [5, 5.41) is 7.86. The van der Waals surface area contributed by atoms with Crippen LogP contribution in [0.2, 0.25) is 5.02 Å². The zero-order chi connectivity index (χ0) is 13.8. The molecule has 1 heterocycles. The lowest BCUT2D eigenvalue weighted by atomic mass is 10.2. The average molecular weight is 282 g/mol. The largest absolute Gasteiger partial charge is 0.313 e. The van der Waals surface area contributed by atoms with Gasteiger partial charge in [-0.25, -0.2) is 4.39 Å². The lowest BCUT2D eigenvalue weighted by Gasteiger charge is -2.05. The second kappa shape index (κ2) is 6.17. The molecule has 0 spiro atoms. The highest BCUT2D eigenvalue weighted by atomic mass is 35.5. The van der Waals surface area contributed by atoms with Gasteiger partial charge in [-0.2, -0.15) is 5.10 Å². The second-order valence-corrected chi connectivity index (χ2v) is 4.81. The number of benzene rings is 1. The van der Waals surface area contributed by atoms with E-state index in [1.54, 1.807) is 10.7 Å². The summed E-state index contributed by atoms with van der Waals surface area (Å²) >= 11 is 5.94. The second-order valence-electron chi connectivity index (χ2n) is 4.43. The van der Waals surface area contributed by atoms with E-state index < -0.39 is 5.82 Å². The van der Waals surface area contributed by atoms with Crippen LogP contribution in [0.1, 0.15) is 23.7 Å². The maximum absolute atomic E-state index is 13.4. The molecule has 102 valence electrons. The van der Waals surface area contributed by atoms with Crippen LogP contribution >= 0.6 is 11.6 Å². The molecule has 1 aromatic carbocycles. The Balaban J connectivity index is 2.17.